The Balaban J connectivity index is 2.22. The number of nitrogens with zero attached hydrogens (tertiary/aromatic N) is 1. The van der Waals surface area contributed by atoms with Gasteiger partial charge < -0.3 is 5.11 Å². The van der Waals surface area contributed by atoms with Crippen molar-refractivity contribution >= 4 is 0 Å². The van der Waals surface area contributed by atoms with E-state index in [0.29, 0.717) is 0 Å². The van der Waals surface area contributed by atoms with Gasteiger partial charge in [-0.3, -0.25) is 4.90 Å². The normalized spacial score (nSPS) is 21.2. The molecular weight excluding hydrogens is 114 g/mol. The molecule has 0 spiro atoms. The van der Waals surface area contributed by atoms with E-state index in [-0.39, 0.29) is 6.61 Å². The molecule has 1 aliphatic rings. The summed E-state index contributed by atoms with van der Waals surface area (Å²) in [6.45, 7) is 7.01. The van der Waals surface area contributed by atoms with Gasteiger partial charge in [0.05, 0.1) is 6.61 Å². The molecule has 0 aromatic rings. The van der Waals surface area contributed by atoms with Crippen LogP contribution in [-0.2, 0) is 0 Å². The van der Waals surface area contributed by atoms with Crippen LogP contribution in [0.25, 0.3) is 0 Å². The lowest BCUT2D eigenvalue weighted by atomic mass is 10.3. The standard InChI is InChI=1S/C7H13NO/c1-7-2-3-8(6-7)4-5-9/h9H,1-6H2. The maximum absolute atomic E-state index is 8.54. The molecule has 0 aromatic carbocycles. The zero-order valence-corrected chi connectivity index (χ0v) is 5.64. The predicted octanol–water partition coefficient (Wildman–Crippen LogP) is 0.241. The highest BCUT2D eigenvalue weighted by molar-refractivity contribution is 5.03. The molecule has 0 atom stereocenters. The second kappa shape index (κ2) is 2.99. The third-order valence-electron chi connectivity index (χ3n) is 1.65. The maximum Gasteiger partial charge on any atom is 0.0558 e. The summed E-state index contributed by atoms with van der Waals surface area (Å²) in [5.74, 6) is 0. The van der Waals surface area contributed by atoms with Crippen molar-refractivity contribution < 1.29 is 5.11 Å². The lowest BCUT2D eigenvalue weighted by Gasteiger charge is -2.10. The van der Waals surface area contributed by atoms with E-state index in [1.54, 1.807) is 0 Å². The summed E-state index contributed by atoms with van der Waals surface area (Å²) in [4.78, 5) is 2.21. The van der Waals surface area contributed by atoms with Gasteiger partial charge in [0.2, 0.25) is 0 Å². The Hall–Kier alpha value is -0.340. The highest BCUT2D eigenvalue weighted by Crippen LogP contribution is 2.10. The first-order chi connectivity index (χ1) is 4.33. The average molecular weight is 127 g/mol. The van der Waals surface area contributed by atoms with Gasteiger partial charge in [-0.2, -0.15) is 0 Å². The van der Waals surface area contributed by atoms with Gasteiger partial charge in [-0.15, -0.1) is 0 Å². The minimum absolute atomic E-state index is 0.271. The minimum atomic E-state index is 0.271. The second-order valence-electron chi connectivity index (χ2n) is 2.50. The molecule has 52 valence electrons. The zero-order chi connectivity index (χ0) is 6.69. The molecule has 2 heteroatoms. The van der Waals surface area contributed by atoms with Gasteiger partial charge in [0.15, 0.2) is 0 Å². The van der Waals surface area contributed by atoms with Crippen LogP contribution in [0, 0.1) is 0 Å². The SMILES string of the molecule is C=C1CCN(CCO)C1. The minimum Gasteiger partial charge on any atom is -0.395 e. The van der Waals surface area contributed by atoms with Crippen molar-refractivity contribution in [2.24, 2.45) is 0 Å². The van der Waals surface area contributed by atoms with E-state index in [2.05, 4.69) is 11.5 Å². The third-order valence-corrected chi connectivity index (χ3v) is 1.65. The van der Waals surface area contributed by atoms with Crippen molar-refractivity contribution in [3.63, 3.8) is 0 Å². The fourth-order valence-electron chi connectivity index (χ4n) is 1.12. The molecular formula is C7H13NO. The van der Waals surface area contributed by atoms with Crippen LogP contribution in [0.5, 0.6) is 0 Å². The van der Waals surface area contributed by atoms with Crippen molar-refractivity contribution in [1.29, 1.82) is 0 Å². The molecule has 1 heterocycles. The molecule has 1 N–H and O–H groups in total. The fourth-order valence-corrected chi connectivity index (χ4v) is 1.12. The lowest BCUT2D eigenvalue weighted by molar-refractivity contribution is 0.224. The molecule has 1 fully saturated rings. The van der Waals surface area contributed by atoms with Crippen molar-refractivity contribution in [3.05, 3.63) is 12.2 Å². The van der Waals surface area contributed by atoms with Crippen LogP contribution < -0.4 is 0 Å². The summed E-state index contributed by atoms with van der Waals surface area (Å²) in [7, 11) is 0. The first-order valence-corrected chi connectivity index (χ1v) is 3.33. The van der Waals surface area contributed by atoms with Gasteiger partial charge >= 0.3 is 0 Å². The number of rotatable bonds is 2. The summed E-state index contributed by atoms with van der Waals surface area (Å²) < 4.78 is 0. The molecule has 0 amide bonds. The van der Waals surface area contributed by atoms with Gasteiger partial charge in [-0.25, -0.2) is 0 Å². The molecule has 0 aromatic heterocycles. The number of aliphatic hydroxyl groups excluding tert-OH is 1. The molecule has 9 heavy (non-hydrogen) atoms. The second-order valence-corrected chi connectivity index (χ2v) is 2.50. The average Bonchev–Trinajstić information content (AvgIpc) is 2.17. The van der Waals surface area contributed by atoms with E-state index in [4.69, 9.17) is 5.11 Å². The Kier molecular flexibility index (Phi) is 2.25. The predicted molar refractivity (Wildman–Crippen MR) is 37.3 cm³/mol. The monoisotopic (exact) mass is 127 g/mol. The summed E-state index contributed by atoms with van der Waals surface area (Å²) in [5, 5.41) is 8.54. The first kappa shape index (κ1) is 6.78. The van der Waals surface area contributed by atoms with E-state index in [1.165, 1.54) is 5.57 Å². The van der Waals surface area contributed by atoms with Crippen LogP contribution in [-0.4, -0.2) is 36.2 Å². The first-order valence-electron chi connectivity index (χ1n) is 3.33. The van der Waals surface area contributed by atoms with Crippen molar-refractivity contribution in [2.45, 2.75) is 6.42 Å². The van der Waals surface area contributed by atoms with Crippen LogP contribution in [0.1, 0.15) is 6.42 Å². The molecule has 0 unspecified atom stereocenters. The van der Waals surface area contributed by atoms with Crippen LogP contribution >= 0.6 is 0 Å². The Morgan fingerprint density at radius 3 is 2.89 bits per heavy atom. The highest BCUT2D eigenvalue weighted by Gasteiger charge is 2.12. The van der Waals surface area contributed by atoms with E-state index in [1.807, 2.05) is 0 Å². The van der Waals surface area contributed by atoms with Crippen molar-refractivity contribution in [1.82, 2.24) is 4.90 Å². The number of hydrogen-bond acceptors (Lipinski definition) is 2. The molecule has 1 aliphatic heterocycles. The fraction of sp³-hybridized carbons (Fsp3) is 0.714. The van der Waals surface area contributed by atoms with E-state index in [0.717, 1.165) is 26.1 Å². The smallest absolute Gasteiger partial charge is 0.0558 e. The topological polar surface area (TPSA) is 23.5 Å². The van der Waals surface area contributed by atoms with E-state index < -0.39 is 0 Å². The van der Waals surface area contributed by atoms with Crippen LogP contribution in [0.2, 0.25) is 0 Å². The van der Waals surface area contributed by atoms with Crippen molar-refractivity contribution in [3.8, 4) is 0 Å². The van der Waals surface area contributed by atoms with Gasteiger partial charge in [0.25, 0.3) is 0 Å². The Morgan fingerprint density at radius 1 is 1.67 bits per heavy atom. The van der Waals surface area contributed by atoms with Crippen LogP contribution in [0.3, 0.4) is 0 Å². The summed E-state index contributed by atoms with van der Waals surface area (Å²) in [5.41, 5.74) is 1.29. The number of aliphatic hydroxyl groups is 1. The van der Waals surface area contributed by atoms with Gasteiger partial charge in [0, 0.05) is 19.6 Å². The summed E-state index contributed by atoms with van der Waals surface area (Å²) in [6, 6.07) is 0. The van der Waals surface area contributed by atoms with E-state index in [9.17, 15) is 0 Å². The Bertz CT molecular complexity index is 111. The maximum atomic E-state index is 8.54. The molecule has 0 saturated carbocycles. The molecule has 2 nitrogen and oxygen atoms in total. The molecule has 0 bridgehead atoms. The van der Waals surface area contributed by atoms with Crippen molar-refractivity contribution in [2.75, 3.05) is 26.2 Å². The molecule has 1 rings (SSSR count). The number of likely N-dealkylation sites (tertiary alicyclic amines) is 1. The summed E-state index contributed by atoms with van der Waals surface area (Å²) >= 11 is 0. The van der Waals surface area contributed by atoms with Crippen LogP contribution in [0.4, 0.5) is 0 Å². The Morgan fingerprint density at radius 2 is 2.44 bits per heavy atom. The lowest BCUT2D eigenvalue weighted by Crippen LogP contribution is -2.22. The zero-order valence-electron chi connectivity index (χ0n) is 5.64. The highest BCUT2D eigenvalue weighted by atomic mass is 16.3. The largest absolute Gasteiger partial charge is 0.395 e. The van der Waals surface area contributed by atoms with Gasteiger partial charge in [-0.1, -0.05) is 12.2 Å². The molecule has 0 aliphatic carbocycles. The van der Waals surface area contributed by atoms with E-state index >= 15 is 0 Å². The molecule has 1 saturated heterocycles. The molecule has 0 radical (unpaired) electrons. The quantitative estimate of drug-likeness (QED) is 0.537. The summed E-state index contributed by atoms with van der Waals surface area (Å²) in [6.07, 6.45) is 1.11. The van der Waals surface area contributed by atoms with Gasteiger partial charge in [-0.05, 0) is 6.42 Å². The number of β-amino-alcohol motifs (C(OH)–C–C–N with tert-alkyl or cyclic N) is 1. The Labute approximate surface area is 55.8 Å². The third kappa shape index (κ3) is 1.80. The number of hydrogen-bond donors (Lipinski definition) is 1. The van der Waals surface area contributed by atoms with Gasteiger partial charge in [0.1, 0.15) is 0 Å². The van der Waals surface area contributed by atoms with Crippen LogP contribution in [0.15, 0.2) is 12.2 Å².